The van der Waals surface area contributed by atoms with Crippen molar-refractivity contribution in [3.63, 3.8) is 0 Å². The second-order valence-corrected chi connectivity index (χ2v) is 5.57. The number of aryl methyl sites for hydroxylation is 1. The highest BCUT2D eigenvalue weighted by atomic mass is 16.1. The molecule has 4 heteroatoms. The standard InChI is InChI=1S/C19H18N2O2/c1-13-18(19(23)21-20-13)16(14-8-4-2-5-9-14)12-17(22)15-10-6-3-7-11-15/h2-11,16H,12H2,1H3,(H2,20,21,23). The Labute approximate surface area is 134 Å². The first-order valence-electron chi connectivity index (χ1n) is 7.57. The minimum absolute atomic E-state index is 0.0273. The average molecular weight is 306 g/mol. The molecule has 23 heavy (non-hydrogen) atoms. The van der Waals surface area contributed by atoms with Crippen molar-refractivity contribution in [2.75, 3.05) is 0 Å². The third kappa shape index (κ3) is 3.16. The lowest BCUT2D eigenvalue weighted by Gasteiger charge is -2.16. The number of aromatic amines is 2. The van der Waals surface area contributed by atoms with Gasteiger partial charge >= 0.3 is 0 Å². The summed E-state index contributed by atoms with van der Waals surface area (Å²) in [5.41, 5.74) is 2.85. The number of ketones is 1. The van der Waals surface area contributed by atoms with Crippen LogP contribution < -0.4 is 5.56 Å². The Hall–Kier alpha value is -2.88. The molecule has 0 spiro atoms. The number of hydrogen-bond donors (Lipinski definition) is 2. The van der Waals surface area contributed by atoms with Crippen molar-refractivity contribution < 1.29 is 4.79 Å². The summed E-state index contributed by atoms with van der Waals surface area (Å²) >= 11 is 0. The Kier molecular flexibility index (Phi) is 4.24. The van der Waals surface area contributed by atoms with Gasteiger partial charge in [0.15, 0.2) is 5.78 Å². The van der Waals surface area contributed by atoms with Crippen molar-refractivity contribution in [3.05, 3.63) is 93.4 Å². The summed E-state index contributed by atoms with van der Waals surface area (Å²) in [6, 6.07) is 18.9. The molecule has 1 atom stereocenters. The Morgan fingerprint density at radius 2 is 1.57 bits per heavy atom. The van der Waals surface area contributed by atoms with E-state index in [2.05, 4.69) is 10.2 Å². The lowest BCUT2D eigenvalue weighted by Crippen LogP contribution is -2.16. The number of aromatic nitrogens is 2. The number of carbonyl (C=O) groups is 1. The number of H-pyrrole nitrogens is 2. The molecule has 0 saturated carbocycles. The zero-order valence-electron chi connectivity index (χ0n) is 12.9. The molecular formula is C19H18N2O2. The first kappa shape index (κ1) is 15.0. The highest BCUT2D eigenvalue weighted by Gasteiger charge is 2.24. The van der Waals surface area contributed by atoms with Gasteiger partial charge in [0.25, 0.3) is 5.56 Å². The first-order valence-corrected chi connectivity index (χ1v) is 7.57. The minimum atomic E-state index is -0.265. The summed E-state index contributed by atoms with van der Waals surface area (Å²) in [5.74, 6) is -0.238. The molecule has 0 amide bonds. The van der Waals surface area contributed by atoms with Crippen molar-refractivity contribution in [1.82, 2.24) is 10.2 Å². The molecule has 1 aromatic heterocycles. The summed E-state index contributed by atoms with van der Waals surface area (Å²) in [6.45, 7) is 1.84. The van der Waals surface area contributed by atoms with E-state index in [-0.39, 0.29) is 23.7 Å². The van der Waals surface area contributed by atoms with Crippen LogP contribution >= 0.6 is 0 Å². The van der Waals surface area contributed by atoms with Crippen LogP contribution in [0.4, 0.5) is 0 Å². The van der Waals surface area contributed by atoms with E-state index in [9.17, 15) is 9.59 Å². The Bertz CT molecular complexity index is 848. The van der Waals surface area contributed by atoms with Gasteiger partial charge < -0.3 is 5.10 Å². The molecule has 1 unspecified atom stereocenters. The van der Waals surface area contributed by atoms with Gasteiger partial charge in [-0.05, 0) is 12.5 Å². The molecule has 4 nitrogen and oxygen atoms in total. The molecular weight excluding hydrogens is 288 g/mol. The fourth-order valence-electron chi connectivity index (χ4n) is 2.87. The van der Waals surface area contributed by atoms with Gasteiger partial charge in [0, 0.05) is 29.2 Å². The Morgan fingerprint density at radius 1 is 0.957 bits per heavy atom. The number of benzene rings is 2. The molecule has 0 radical (unpaired) electrons. The van der Waals surface area contributed by atoms with Crippen molar-refractivity contribution >= 4 is 5.78 Å². The number of hydrogen-bond acceptors (Lipinski definition) is 2. The predicted octanol–water partition coefficient (Wildman–Crippen LogP) is 3.42. The van der Waals surface area contributed by atoms with E-state index in [0.717, 1.165) is 11.3 Å². The molecule has 3 rings (SSSR count). The van der Waals surface area contributed by atoms with Crippen LogP contribution in [0.15, 0.2) is 65.5 Å². The lowest BCUT2D eigenvalue weighted by molar-refractivity contribution is 0.0977. The molecule has 0 aliphatic heterocycles. The number of nitrogens with one attached hydrogen (secondary N) is 2. The van der Waals surface area contributed by atoms with Crippen LogP contribution in [0.5, 0.6) is 0 Å². The van der Waals surface area contributed by atoms with Crippen LogP contribution in [0.25, 0.3) is 0 Å². The number of carbonyl (C=O) groups excluding carboxylic acids is 1. The highest BCUT2D eigenvalue weighted by Crippen LogP contribution is 2.28. The fraction of sp³-hybridized carbons (Fsp3) is 0.158. The summed E-state index contributed by atoms with van der Waals surface area (Å²) < 4.78 is 0. The molecule has 0 aliphatic carbocycles. The topological polar surface area (TPSA) is 65.7 Å². The van der Waals surface area contributed by atoms with Gasteiger partial charge in [0.2, 0.25) is 0 Å². The van der Waals surface area contributed by atoms with Gasteiger partial charge in [-0.25, -0.2) is 0 Å². The third-order valence-electron chi connectivity index (χ3n) is 4.05. The van der Waals surface area contributed by atoms with E-state index in [1.807, 2.05) is 55.5 Å². The maximum absolute atomic E-state index is 12.6. The molecule has 0 saturated heterocycles. The normalized spacial score (nSPS) is 12.0. The van der Waals surface area contributed by atoms with Crippen LogP contribution in [0.1, 0.15) is 39.5 Å². The maximum atomic E-state index is 12.6. The number of Topliss-reactive ketones (excluding diaryl/α,β-unsaturated/α-hetero) is 1. The molecule has 0 bridgehead atoms. The molecule has 3 aromatic rings. The van der Waals surface area contributed by atoms with Crippen molar-refractivity contribution in [3.8, 4) is 0 Å². The summed E-state index contributed by atoms with van der Waals surface area (Å²) in [7, 11) is 0. The second kappa shape index (κ2) is 6.48. The maximum Gasteiger partial charge on any atom is 0.267 e. The minimum Gasteiger partial charge on any atom is -0.302 e. The first-order chi connectivity index (χ1) is 11.2. The molecule has 0 fully saturated rings. The van der Waals surface area contributed by atoms with Crippen molar-refractivity contribution in [2.45, 2.75) is 19.3 Å². The van der Waals surface area contributed by atoms with Crippen LogP contribution in [0, 0.1) is 6.92 Å². The fourth-order valence-corrected chi connectivity index (χ4v) is 2.87. The van der Waals surface area contributed by atoms with E-state index in [0.29, 0.717) is 11.1 Å². The summed E-state index contributed by atoms with van der Waals surface area (Å²) in [5, 5.41) is 5.46. The monoisotopic (exact) mass is 306 g/mol. The second-order valence-electron chi connectivity index (χ2n) is 5.57. The Balaban J connectivity index is 2.00. The van der Waals surface area contributed by atoms with E-state index in [1.165, 1.54) is 0 Å². The van der Waals surface area contributed by atoms with E-state index in [4.69, 9.17) is 0 Å². The molecule has 2 aromatic carbocycles. The largest absolute Gasteiger partial charge is 0.302 e. The highest BCUT2D eigenvalue weighted by molar-refractivity contribution is 5.96. The van der Waals surface area contributed by atoms with Crippen LogP contribution in [-0.2, 0) is 0 Å². The summed E-state index contributed by atoms with van der Waals surface area (Å²) in [6.07, 6.45) is 0.260. The van der Waals surface area contributed by atoms with Crippen LogP contribution in [0.2, 0.25) is 0 Å². The predicted molar refractivity (Wildman–Crippen MR) is 89.8 cm³/mol. The van der Waals surface area contributed by atoms with Crippen molar-refractivity contribution in [2.24, 2.45) is 0 Å². The lowest BCUT2D eigenvalue weighted by atomic mass is 9.86. The van der Waals surface area contributed by atoms with Gasteiger partial charge in [0.05, 0.1) is 0 Å². The SMILES string of the molecule is Cc1[nH][nH]c(=O)c1C(CC(=O)c1ccccc1)c1ccccc1. The molecule has 116 valence electrons. The van der Waals surface area contributed by atoms with E-state index < -0.39 is 0 Å². The van der Waals surface area contributed by atoms with Gasteiger partial charge in [0.1, 0.15) is 0 Å². The van der Waals surface area contributed by atoms with E-state index >= 15 is 0 Å². The quantitative estimate of drug-likeness (QED) is 0.709. The zero-order valence-corrected chi connectivity index (χ0v) is 12.9. The average Bonchev–Trinajstić information content (AvgIpc) is 2.93. The van der Waals surface area contributed by atoms with E-state index in [1.54, 1.807) is 12.1 Å². The Morgan fingerprint density at radius 3 is 2.13 bits per heavy atom. The van der Waals surface area contributed by atoms with Gasteiger partial charge in [-0.2, -0.15) is 0 Å². The van der Waals surface area contributed by atoms with Crippen molar-refractivity contribution in [1.29, 1.82) is 0 Å². The number of rotatable bonds is 5. The smallest absolute Gasteiger partial charge is 0.267 e. The van der Waals surface area contributed by atoms with Crippen LogP contribution in [-0.4, -0.2) is 16.0 Å². The summed E-state index contributed by atoms with van der Waals surface area (Å²) in [4.78, 5) is 24.8. The zero-order chi connectivity index (χ0) is 16.2. The molecule has 2 N–H and O–H groups in total. The van der Waals surface area contributed by atoms with Gasteiger partial charge in [-0.15, -0.1) is 0 Å². The van der Waals surface area contributed by atoms with Gasteiger partial charge in [-0.3, -0.25) is 14.7 Å². The molecule has 1 heterocycles. The third-order valence-corrected chi connectivity index (χ3v) is 4.05. The van der Waals surface area contributed by atoms with Gasteiger partial charge in [-0.1, -0.05) is 60.7 Å². The molecule has 0 aliphatic rings. The van der Waals surface area contributed by atoms with Crippen LogP contribution in [0.3, 0.4) is 0 Å².